The van der Waals surface area contributed by atoms with E-state index in [-0.39, 0.29) is 30.3 Å². The highest BCUT2D eigenvalue weighted by molar-refractivity contribution is 5.86. The molecule has 1 amide bonds. The van der Waals surface area contributed by atoms with E-state index >= 15 is 0 Å². The summed E-state index contributed by atoms with van der Waals surface area (Å²) in [5, 5.41) is 9.70. The third-order valence-electron chi connectivity index (χ3n) is 9.58. The SMILES string of the molecule is COc1ccc(C2C(C)C=C(C(=O)O)N2C)cc1-c1ccc(N2CCC2)nc1CN1C(=O)O[C@H](c2cc(C(F)(F)F)cc(C(F)(F)F)c2)[C@@H]1C. The molecule has 4 atom stereocenters. The van der Waals surface area contributed by atoms with Crippen LogP contribution < -0.4 is 9.64 Å². The van der Waals surface area contributed by atoms with Crippen LogP contribution in [0.1, 0.15) is 60.4 Å². The van der Waals surface area contributed by atoms with Crippen LogP contribution in [0.4, 0.5) is 37.0 Å². The molecular weight excluding hydrogens is 670 g/mol. The molecular formula is C35H34F6N4O5. The molecule has 2 aromatic carbocycles. The van der Waals surface area contributed by atoms with Crippen molar-refractivity contribution < 1.29 is 50.5 Å². The smallest absolute Gasteiger partial charge is 0.416 e. The fourth-order valence-corrected chi connectivity index (χ4v) is 6.87. The predicted molar refractivity (Wildman–Crippen MR) is 169 cm³/mol. The van der Waals surface area contributed by atoms with Crippen molar-refractivity contribution in [2.24, 2.45) is 5.92 Å². The Hall–Kier alpha value is -4.95. The quantitative estimate of drug-likeness (QED) is 0.239. The van der Waals surface area contributed by atoms with Gasteiger partial charge in [-0.1, -0.05) is 13.0 Å². The van der Waals surface area contributed by atoms with E-state index in [0.29, 0.717) is 40.5 Å². The lowest BCUT2D eigenvalue weighted by Crippen LogP contribution is -2.38. The number of aliphatic carboxylic acids is 1. The van der Waals surface area contributed by atoms with Crippen molar-refractivity contribution in [3.05, 3.63) is 88.3 Å². The number of hydrogen-bond acceptors (Lipinski definition) is 7. The number of likely N-dealkylation sites (N-methyl/N-ethyl adjacent to an activating group) is 1. The molecule has 3 aromatic rings. The molecule has 3 aliphatic heterocycles. The molecule has 1 N–H and O–H groups in total. The van der Waals surface area contributed by atoms with Gasteiger partial charge in [0.2, 0.25) is 0 Å². The number of ether oxygens (including phenoxy) is 2. The molecule has 50 heavy (non-hydrogen) atoms. The molecule has 0 radical (unpaired) electrons. The lowest BCUT2D eigenvalue weighted by atomic mass is 9.92. The van der Waals surface area contributed by atoms with Crippen molar-refractivity contribution in [3.8, 4) is 16.9 Å². The second-order valence-corrected chi connectivity index (χ2v) is 12.7. The van der Waals surface area contributed by atoms with E-state index in [9.17, 15) is 41.0 Å². The number of amides is 1. The summed E-state index contributed by atoms with van der Waals surface area (Å²) in [6, 6.07) is 9.01. The van der Waals surface area contributed by atoms with Gasteiger partial charge < -0.3 is 24.4 Å². The monoisotopic (exact) mass is 704 g/mol. The second-order valence-electron chi connectivity index (χ2n) is 12.7. The van der Waals surface area contributed by atoms with Crippen LogP contribution in [0.5, 0.6) is 5.75 Å². The number of pyridine rings is 1. The van der Waals surface area contributed by atoms with E-state index in [1.807, 2.05) is 36.1 Å². The molecule has 3 aliphatic rings. The van der Waals surface area contributed by atoms with Gasteiger partial charge in [0.05, 0.1) is 42.6 Å². The van der Waals surface area contributed by atoms with Crippen molar-refractivity contribution in [1.82, 2.24) is 14.8 Å². The van der Waals surface area contributed by atoms with Crippen LogP contribution in [-0.4, -0.2) is 65.2 Å². The summed E-state index contributed by atoms with van der Waals surface area (Å²) in [5.74, 6) is -0.0984. The van der Waals surface area contributed by atoms with Gasteiger partial charge >= 0.3 is 24.4 Å². The van der Waals surface area contributed by atoms with Gasteiger partial charge in [-0.3, -0.25) is 4.90 Å². The lowest BCUT2D eigenvalue weighted by molar-refractivity contribution is -0.143. The van der Waals surface area contributed by atoms with Crippen molar-refractivity contribution in [3.63, 3.8) is 0 Å². The molecule has 0 bridgehead atoms. The van der Waals surface area contributed by atoms with Crippen LogP contribution in [0.3, 0.4) is 0 Å². The first-order chi connectivity index (χ1) is 23.5. The molecule has 2 unspecified atom stereocenters. The number of benzene rings is 2. The predicted octanol–water partition coefficient (Wildman–Crippen LogP) is 7.68. The van der Waals surface area contributed by atoms with Gasteiger partial charge in [0.1, 0.15) is 23.4 Å². The lowest BCUT2D eigenvalue weighted by Gasteiger charge is -2.33. The molecule has 0 saturated carbocycles. The van der Waals surface area contributed by atoms with Crippen LogP contribution in [0.25, 0.3) is 11.1 Å². The minimum Gasteiger partial charge on any atom is -0.496 e. The summed E-state index contributed by atoms with van der Waals surface area (Å²) < 4.78 is 93.1. The van der Waals surface area contributed by atoms with E-state index in [1.54, 1.807) is 24.1 Å². The Morgan fingerprint density at radius 2 is 1.62 bits per heavy atom. The van der Waals surface area contributed by atoms with Gasteiger partial charge in [-0.25, -0.2) is 14.6 Å². The third kappa shape index (κ3) is 6.40. The number of nitrogens with zero attached hydrogens (tertiary/aromatic N) is 4. The maximum atomic E-state index is 13.7. The molecule has 266 valence electrons. The number of rotatable bonds is 8. The summed E-state index contributed by atoms with van der Waals surface area (Å²) in [6.07, 6.45) is -9.85. The Labute approximate surface area is 283 Å². The Balaban J connectivity index is 1.39. The van der Waals surface area contributed by atoms with Crippen LogP contribution in [0.15, 0.2) is 60.3 Å². The highest BCUT2D eigenvalue weighted by Crippen LogP contribution is 2.44. The zero-order valence-electron chi connectivity index (χ0n) is 27.5. The highest BCUT2D eigenvalue weighted by Gasteiger charge is 2.44. The third-order valence-corrected chi connectivity index (χ3v) is 9.58. The Morgan fingerprint density at radius 1 is 0.960 bits per heavy atom. The van der Waals surface area contributed by atoms with Crippen LogP contribution in [0, 0.1) is 5.92 Å². The minimum absolute atomic E-state index is 0.0321. The molecule has 0 aliphatic carbocycles. The van der Waals surface area contributed by atoms with Gasteiger partial charge in [0.15, 0.2) is 0 Å². The minimum atomic E-state index is -5.07. The van der Waals surface area contributed by atoms with E-state index < -0.39 is 53.3 Å². The maximum Gasteiger partial charge on any atom is 0.416 e. The van der Waals surface area contributed by atoms with E-state index in [1.165, 1.54) is 18.9 Å². The Bertz CT molecular complexity index is 1830. The Kier molecular flexibility index (Phi) is 8.89. The van der Waals surface area contributed by atoms with Crippen molar-refractivity contribution in [2.45, 2.75) is 57.4 Å². The molecule has 15 heteroatoms. The number of cyclic esters (lactones) is 1. The van der Waals surface area contributed by atoms with Crippen LogP contribution in [-0.2, 0) is 28.4 Å². The topological polar surface area (TPSA) is 95.4 Å². The summed E-state index contributed by atoms with van der Waals surface area (Å²) in [7, 11) is 3.19. The van der Waals surface area contributed by atoms with Crippen LogP contribution in [0.2, 0.25) is 0 Å². The number of anilines is 1. The van der Waals surface area contributed by atoms with Crippen LogP contribution >= 0.6 is 0 Å². The second kappa shape index (κ2) is 12.7. The van der Waals surface area contributed by atoms with Gasteiger partial charge in [-0.2, -0.15) is 26.3 Å². The molecule has 1 aromatic heterocycles. The van der Waals surface area contributed by atoms with Gasteiger partial charge in [0, 0.05) is 37.2 Å². The normalized spacial score (nSPS) is 22.4. The summed E-state index contributed by atoms with van der Waals surface area (Å²) in [5.41, 5.74) is -0.931. The zero-order valence-corrected chi connectivity index (χ0v) is 27.5. The number of halogens is 6. The Morgan fingerprint density at radius 3 is 2.16 bits per heavy atom. The van der Waals surface area contributed by atoms with E-state index in [4.69, 9.17) is 14.5 Å². The fraction of sp³-hybridized carbons (Fsp3) is 0.400. The summed E-state index contributed by atoms with van der Waals surface area (Å²) in [6.45, 7) is 4.74. The number of alkyl halides is 6. The number of carbonyl (C=O) groups is 2. The number of carbonyl (C=O) groups excluding carboxylic acids is 1. The summed E-state index contributed by atoms with van der Waals surface area (Å²) >= 11 is 0. The first-order valence-electron chi connectivity index (χ1n) is 15.9. The molecule has 9 nitrogen and oxygen atoms in total. The van der Waals surface area contributed by atoms with Crippen molar-refractivity contribution in [1.29, 1.82) is 0 Å². The first-order valence-corrected chi connectivity index (χ1v) is 15.9. The highest BCUT2D eigenvalue weighted by atomic mass is 19.4. The van der Waals surface area contributed by atoms with E-state index in [0.717, 1.165) is 25.1 Å². The fourth-order valence-electron chi connectivity index (χ4n) is 6.87. The summed E-state index contributed by atoms with van der Waals surface area (Å²) in [4.78, 5) is 35.0. The standard InChI is InChI=1S/C35H34F6N4O5/c1-18-12-27(32(46)47)43(3)30(18)20-6-8-28(49-4)25(15-20)24-7-9-29(44-10-5-11-44)42-26(24)17-45-19(2)31(50-33(45)48)21-13-22(34(36,37)38)16-23(14-21)35(39,40)41/h6-9,12-16,18-19,30-31H,5,10-11,17H2,1-4H3,(H,46,47)/t18?,19-,30?,31-/m0/s1. The number of aromatic nitrogens is 1. The zero-order chi connectivity index (χ0) is 36.3. The molecule has 6 rings (SSSR count). The molecule has 2 saturated heterocycles. The van der Waals surface area contributed by atoms with Gasteiger partial charge in [-0.15, -0.1) is 0 Å². The molecule has 4 heterocycles. The number of carboxylic acids is 1. The van der Waals surface area contributed by atoms with Gasteiger partial charge in [-0.05, 0) is 73.0 Å². The van der Waals surface area contributed by atoms with Crippen molar-refractivity contribution in [2.75, 3.05) is 32.1 Å². The average Bonchev–Trinajstić information content (AvgIpc) is 3.48. The number of methoxy groups -OCH3 is 1. The largest absolute Gasteiger partial charge is 0.496 e. The number of hydrogen-bond donors (Lipinski definition) is 1. The first kappa shape index (κ1) is 34.9. The molecule has 2 fully saturated rings. The van der Waals surface area contributed by atoms with Gasteiger partial charge in [0.25, 0.3) is 0 Å². The van der Waals surface area contributed by atoms with Crippen molar-refractivity contribution >= 4 is 17.9 Å². The van der Waals surface area contributed by atoms with E-state index in [2.05, 4.69) is 0 Å². The maximum absolute atomic E-state index is 13.7. The average molecular weight is 705 g/mol. The number of carboxylic acid groups (broad SMARTS) is 1. The molecule has 0 spiro atoms.